The highest BCUT2D eigenvalue weighted by Crippen LogP contribution is 2.62. The summed E-state index contributed by atoms with van der Waals surface area (Å²) in [7, 11) is 0. The molecule has 0 saturated carbocycles. The van der Waals surface area contributed by atoms with Gasteiger partial charge in [0.05, 0.1) is 5.41 Å². The molecule has 0 fully saturated rings. The minimum atomic E-state index is -0.200. The monoisotopic (exact) mass is 344 g/mol. The van der Waals surface area contributed by atoms with Gasteiger partial charge in [0, 0.05) is 0 Å². The summed E-state index contributed by atoms with van der Waals surface area (Å²) in [6.07, 6.45) is 20.6. The Morgan fingerprint density at radius 2 is 0.963 bits per heavy atom. The Kier molecular flexibility index (Phi) is 3.02. The van der Waals surface area contributed by atoms with Crippen molar-refractivity contribution in [2.24, 2.45) is 0 Å². The first kappa shape index (κ1) is 15.0. The lowest BCUT2D eigenvalue weighted by Crippen LogP contribution is -2.27. The zero-order valence-corrected chi connectivity index (χ0v) is 15.2. The maximum absolute atomic E-state index is 2.38. The number of benzene rings is 2. The molecule has 128 valence electrons. The van der Waals surface area contributed by atoms with Crippen molar-refractivity contribution in [1.29, 1.82) is 0 Å². The third-order valence-corrected chi connectivity index (χ3v) is 6.31. The van der Waals surface area contributed by atoms with Gasteiger partial charge in [0.2, 0.25) is 0 Å². The number of fused-ring (bicyclic) bond motifs is 8. The molecule has 0 bridgehead atoms. The number of rotatable bonds is 0. The van der Waals surface area contributed by atoms with E-state index in [9.17, 15) is 0 Å². The highest BCUT2D eigenvalue weighted by atomic mass is 14.5. The molecule has 6 rings (SSSR count). The fourth-order valence-electron chi connectivity index (χ4n) is 5.34. The lowest BCUT2D eigenvalue weighted by atomic mass is 9.68. The first-order valence-corrected chi connectivity index (χ1v) is 9.78. The number of allylic oxidation sites excluding steroid dienone is 12. The third kappa shape index (κ3) is 1.78. The van der Waals surface area contributed by atoms with E-state index >= 15 is 0 Å². The van der Waals surface area contributed by atoms with Crippen molar-refractivity contribution in [3.63, 3.8) is 0 Å². The minimum Gasteiger partial charge on any atom is -0.0804 e. The fourth-order valence-corrected chi connectivity index (χ4v) is 5.34. The summed E-state index contributed by atoms with van der Waals surface area (Å²) >= 11 is 0. The number of hydrogen-bond donors (Lipinski definition) is 0. The molecule has 0 amide bonds. The van der Waals surface area contributed by atoms with Gasteiger partial charge in [-0.2, -0.15) is 0 Å². The molecule has 4 aliphatic carbocycles. The summed E-state index contributed by atoms with van der Waals surface area (Å²) < 4.78 is 0. The second kappa shape index (κ2) is 5.44. The van der Waals surface area contributed by atoms with Gasteiger partial charge < -0.3 is 0 Å². The Hall–Kier alpha value is -3.12. The molecule has 4 aliphatic rings. The zero-order chi connectivity index (χ0) is 17.8. The van der Waals surface area contributed by atoms with Crippen molar-refractivity contribution in [2.45, 2.75) is 18.3 Å². The van der Waals surface area contributed by atoms with Gasteiger partial charge in [0.1, 0.15) is 0 Å². The second-order valence-electron chi connectivity index (χ2n) is 7.58. The standard InChI is InChI=1S/C27H20/c1-3-11-19-20-12-4-2-6-16-24(20)27(23(19)15-5-1)25-17-9-7-13-21(25)22-14-8-10-18-26(22)27/h3-18H,1-2H2. The summed E-state index contributed by atoms with van der Waals surface area (Å²) in [4.78, 5) is 0. The Morgan fingerprint density at radius 3 is 1.48 bits per heavy atom. The van der Waals surface area contributed by atoms with Gasteiger partial charge in [0.25, 0.3) is 0 Å². The predicted molar refractivity (Wildman–Crippen MR) is 113 cm³/mol. The van der Waals surface area contributed by atoms with Crippen molar-refractivity contribution in [3.05, 3.63) is 131 Å². The van der Waals surface area contributed by atoms with Crippen LogP contribution in [0.5, 0.6) is 0 Å². The van der Waals surface area contributed by atoms with E-state index < -0.39 is 0 Å². The average Bonchev–Trinajstić information content (AvgIpc) is 2.94. The van der Waals surface area contributed by atoms with Gasteiger partial charge in [-0.15, -0.1) is 0 Å². The van der Waals surface area contributed by atoms with Crippen LogP contribution in [0.4, 0.5) is 0 Å². The zero-order valence-electron chi connectivity index (χ0n) is 15.2. The first-order chi connectivity index (χ1) is 13.4. The molecule has 0 heterocycles. The molecule has 27 heavy (non-hydrogen) atoms. The Bertz CT molecular complexity index is 1060. The van der Waals surface area contributed by atoms with Gasteiger partial charge in [-0.1, -0.05) is 97.1 Å². The maximum Gasteiger partial charge on any atom is 0.0725 e. The van der Waals surface area contributed by atoms with E-state index in [2.05, 4.69) is 97.1 Å². The van der Waals surface area contributed by atoms with E-state index in [0.717, 1.165) is 12.8 Å². The predicted octanol–water partition coefficient (Wildman–Crippen LogP) is 6.59. The molecule has 0 atom stereocenters. The summed E-state index contributed by atoms with van der Waals surface area (Å²) in [6.45, 7) is 0. The van der Waals surface area contributed by atoms with Crippen LogP contribution in [-0.2, 0) is 5.41 Å². The Morgan fingerprint density at radius 1 is 0.519 bits per heavy atom. The van der Waals surface area contributed by atoms with Gasteiger partial charge in [-0.3, -0.25) is 0 Å². The molecule has 0 unspecified atom stereocenters. The highest BCUT2D eigenvalue weighted by molar-refractivity contribution is 5.91. The van der Waals surface area contributed by atoms with Crippen LogP contribution in [0.15, 0.2) is 119 Å². The van der Waals surface area contributed by atoms with E-state index in [0.29, 0.717) is 0 Å². The Labute approximate surface area is 160 Å². The molecule has 0 aromatic heterocycles. The molecule has 0 heteroatoms. The molecule has 0 radical (unpaired) electrons. The molecular weight excluding hydrogens is 324 g/mol. The first-order valence-electron chi connectivity index (χ1n) is 9.78. The maximum atomic E-state index is 2.38. The van der Waals surface area contributed by atoms with E-state index in [1.165, 1.54) is 44.5 Å². The Balaban J connectivity index is 1.83. The van der Waals surface area contributed by atoms with E-state index in [4.69, 9.17) is 0 Å². The lowest BCUT2D eigenvalue weighted by molar-refractivity contribution is 0.779. The molecule has 0 N–H and O–H groups in total. The molecule has 0 nitrogen and oxygen atoms in total. The minimum absolute atomic E-state index is 0.200. The van der Waals surface area contributed by atoms with Crippen LogP contribution in [0.25, 0.3) is 11.1 Å². The van der Waals surface area contributed by atoms with E-state index in [-0.39, 0.29) is 5.41 Å². The molecular formula is C27H20. The summed E-state index contributed by atoms with van der Waals surface area (Å²) in [6, 6.07) is 18.0. The normalized spacial score (nSPS) is 20.4. The molecule has 0 saturated heterocycles. The van der Waals surface area contributed by atoms with Crippen molar-refractivity contribution in [3.8, 4) is 11.1 Å². The SMILES string of the molecule is C1=CC2=C(C=CC1)C1(C3=C2C=CCC=C3)c2ccccc2-c2ccccc21. The van der Waals surface area contributed by atoms with Crippen LogP contribution < -0.4 is 0 Å². The van der Waals surface area contributed by atoms with Crippen molar-refractivity contribution < 1.29 is 0 Å². The quantitative estimate of drug-likeness (QED) is 0.505. The van der Waals surface area contributed by atoms with Crippen molar-refractivity contribution >= 4 is 0 Å². The van der Waals surface area contributed by atoms with Crippen molar-refractivity contribution in [2.75, 3.05) is 0 Å². The molecule has 1 spiro atoms. The smallest absolute Gasteiger partial charge is 0.0725 e. The van der Waals surface area contributed by atoms with Gasteiger partial charge in [-0.25, -0.2) is 0 Å². The van der Waals surface area contributed by atoms with Crippen LogP contribution >= 0.6 is 0 Å². The van der Waals surface area contributed by atoms with Crippen LogP contribution in [0.2, 0.25) is 0 Å². The van der Waals surface area contributed by atoms with E-state index in [1.807, 2.05) is 0 Å². The average molecular weight is 344 g/mol. The molecule has 2 aromatic carbocycles. The lowest BCUT2D eigenvalue weighted by Gasteiger charge is -2.32. The van der Waals surface area contributed by atoms with E-state index in [1.54, 1.807) is 0 Å². The molecule has 2 aromatic rings. The summed E-state index contributed by atoms with van der Waals surface area (Å²) in [5.74, 6) is 0. The summed E-state index contributed by atoms with van der Waals surface area (Å²) in [5, 5.41) is 0. The van der Waals surface area contributed by atoms with Gasteiger partial charge in [-0.05, 0) is 57.4 Å². The van der Waals surface area contributed by atoms with Gasteiger partial charge in [0.15, 0.2) is 0 Å². The van der Waals surface area contributed by atoms with Crippen molar-refractivity contribution in [1.82, 2.24) is 0 Å². The van der Waals surface area contributed by atoms with Crippen LogP contribution in [-0.4, -0.2) is 0 Å². The summed E-state index contributed by atoms with van der Waals surface area (Å²) in [5.41, 5.74) is 11.0. The van der Waals surface area contributed by atoms with Crippen LogP contribution in [0, 0.1) is 0 Å². The molecule has 0 aliphatic heterocycles. The fraction of sp³-hybridized carbons (Fsp3) is 0.111. The van der Waals surface area contributed by atoms with Crippen LogP contribution in [0.1, 0.15) is 24.0 Å². The van der Waals surface area contributed by atoms with Crippen LogP contribution in [0.3, 0.4) is 0 Å². The third-order valence-electron chi connectivity index (χ3n) is 6.31. The topological polar surface area (TPSA) is 0 Å². The van der Waals surface area contributed by atoms with Gasteiger partial charge >= 0.3 is 0 Å². The highest BCUT2D eigenvalue weighted by Gasteiger charge is 2.52. The second-order valence-corrected chi connectivity index (χ2v) is 7.58. The number of hydrogen-bond acceptors (Lipinski definition) is 0. The largest absolute Gasteiger partial charge is 0.0804 e.